The van der Waals surface area contributed by atoms with Gasteiger partial charge < -0.3 is 27.1 Å². The van der Waals surface area contributed by atoms with Crippen LogP contribution >= 0.6 is 178 Å². The number of alkyl halides is 1. The summed E-state index contributed by atoms with van der Waals surface area (Å²) in [5, 5.41) is 20.2. The van der Waals surface area contributed by atoms with Gasteiger partial charge in [-0.15, -0.1) is 12.4 Å². The number of aryl methyl sites for hydroxylation is 4. The molecular formula is C74H83BBrCl14LiN3O10S2. The van der Waals surface area contributed by atoms with E-state index in [0.29, 0.717) is 90.1 Å². The first-order chi connectivity index (χ1) is 48.6. The predicted molar refractivity (Wildman–Crippen MR) is 452 cm³/mol. The first kappa shape index (κ1) is 102. The van der Waals surface area contributed by atoms with Crippen LogP contribution < -0.4 is 29.9 Å². The zero-order valence-corrected chi connectivity index (χ0v) is 72.8. The number of hydrogen-bond donors (Lipinski definition) is 3. The molecule has 13 nitrogen and oxygen atoms in total. The molecule has 0 saturated heterocycles. The molecule has 0 unspecified atom stereocenters. The number of esters is 2. The van der Waals surface area contributed by atoms with Gasteiger partial charge in [0.25, 0.3) is 10.1 Å². The molecule has 0 aromatic heterocycles. The van der Waals surface area contributed by atoms with Crippen molar-refractivity contribution in [1.29, 1.82) is 0 Å². The van der Waals surface area contributed by atoms with E-state index < -0.39 is 19.2 Å². The van der Waals surface area contributed by atoms with Gasteiger partial charge in [0, 0.05) is 118 Å². The number of nitrogens with zero attached hydrogens (tertiary/aromatic N) is 1. The topological polar surface area (TPSA) is 192 Å². The van der Waals surface area contributed by atoms with Gasteiger partial charge >= 0.3 is 30.8 Å². The van der Waals surface area contributed by atoms with Crippen LogP contribution in [0.4, 0.5) is 5.69 Å². The maximum atomic E-state index is 11.1. The Labute approximate surface area is 719 Å². The Morgan fingerprint density at radius 1 is 0.547 bits per heavy atom. The van der Waals surface area contributed by atoms with Crippen molar-refractivity contribution >= 4 is 235 Å². The first-order valence-corrected chi connectivity index (χ1v) is 42.5. The summed E-state index contributed by atoms with van der Waals surface area (Å²) in [5.74, 6) is -0.406. The molecule has 3 radical (unpaired) electrons. The fraction of sp³-hybridized carbons (Fsp3) is 0.351. The number of carbonyl (C=O) groups excluding carboxylic acids is 2. The number of fused-ring (bicyclic) bond motifs is 4. The first-order valence-electron chi connectivity index (χ1n) is 32.3. The Hall–Kier alpha value is -2.30. The zero-order chi connectivity index (χ0) is 76.4. The number of benzene rings is 7. The summed E-state index contributed by atoms with van der Waals surface area (Å²) in [6.45, 7) is 10.3. The van der Waals surface area contributed by atoms with Gasteiger partial charge in [0.1, 0.15) is 5.33 Å². The largest absolute Gasteiger partial charge is 1.00 e. The van der Waals surface area contributed by atoms with Crippen molar-refractivity contribution in [2.24, 2.45) is 0 Å². The average Bonchev–Trinajstić information content (AvgIpc) is 1.70. The Kier molecular flexibility index (Phi) is 51.5. The smallest absolute Gasteiger partial charge is 1.00 e. The average molecular weight is 1830 g/mol. The number of halogens is 15. The monoisotopic (exact) mass is 1820 g/mol. The van der Waals surface area contributed by atoms with Crippen LogP contribution in [-0.4, -0.2) is 124 Å². The molecule has 2 aliphatic carbocycles. The minimum atomic E-state index is -3.35. The summed E-state index contributed by atoms with van der Waals surface area (Å²) in [6.07, 6.45) is 12.4. The molecule has 0 spiro atoms. The van der Waals surface area contributed by atoms with Gasteiger partial charge in [-0.05, 0) is 280 Å². The van der Waals surface area contributed by atoms with Crippen LogP contribution in [0.5, 0.6) is 0 Å². The standard InChI is InChI=1S/C21H20Cl3N.C12H12ClN.C11H12Cl2O2.C10H12Cl2O3S.C9H10Cl2O.C6H5Cl2N.C4H7BrO2.CH3ClO2S.B.ClH.Li.H/c22-17-4-3-15-10-16-13-25(7-5-20(16)21(15)12-17)6-1-2-14-8-18(23)11-19(24)9-14;13-10-2-1-8-5-9-7-14-4-3-11(9)12(8)6-10;1-2-15-11(14)4-3-8-5-9(12)7-10(13)6-8;1-16(13,14)15-4-2-3-8-5-9(11)7-10(12)6-8;10-8-4-7(2-1-3-12)5-9(11)6-8;7-4-1-5(8)3-6(9)2-4;1-2-7-4(6)3-5;1-5(2,3)4;;;;/h3-4,8-9,11-12H,1-2,5-7,10,13H2;1-2,6,14H,3-5,7H2;5-7H,2-4H2,1H3;5-7H,2-4H2,1H3;4-6,12H,1-3H2;1-3H,9H2;2-3H2,1H3;1H3;;1H;;/q;;;;;;;;;;+1;-1. The number of aliphatic hydroxyl groups excluding tert-OH is 1. The van der Waals surface area contributed by atoms with Crippen LogP contribution in [-0.2, 0) is 80.9 Å². The van der Waals surface area contributed by atoms with E-state index in [-0.39, 0.29) is 66.3 Å². The summed E-state index contributed by atoms with van der Waals surface area (Å²) < 4.78 is 54.1. The summed E-state index contributed by atoms with van der Waals surface area (Å²) in [7, 11) is -2.04. The Balaban J connectivity index is 0.00000124. The minimum absolute atomic E-state index is 0. The van der Waals surface area contributed by atoms with Crippen LogP contribution in [0.2, 0.25) is 60.3 Å². The van der Waals surface area contributed by atoms with E-state index >= 15 is 0 Å². The molecule has 0 saturated carbocycles. The maximum absolute atomic E-state index is 11.1. The van der Waals surface area contributed by atoms with Gasteiger partial charge in [0.15, 0.2) is 0 Å². The summed E-state index contributed by atoms with van der Waals surface area (Å²) in [6, 6.07) is 39.3. The van der Waals surface area contributed by atoms with Crippen LogP contribution in [0, 0.1) is 0 Å². The number of nitrogens with one attached hydrogen (secondary N) is 1. The van der Waals surface area contributed by atoms with Gasteiger partial charge in [0.2, 0.25) is 9.05 Å². The van der Waals surface area contributed by atoms with Crippen molar-refractivity contribution in [1.82, 2.24) is 10.2 Å². The van der Waals surface area contributed by atoms with Crippen molar-refractivity contribution < 1.29 is 65.5 Å². The van der Waals surface area contributed by atoms with Crippen molar-refractivity contribution in [3.63, 3.8) is 0 Å². The molecule has 32 heteroatoms. The third kappa shape index (κ3) is 43.1. The second kappa shape index (κ2) is 53.7. The molecule has 2 aliphatic heterocycles. The molecule has 106 heavy (non-hydrogen) atoms. The minimum Gasteiger partial charge on any atom is -1.00 e. The number of nitrogen functional groups attached to an aromatic ring is 1. The zero-order valence-electron chi connectivity index (χ0n) is 59.9. The normalized spacial score (nSPS) is 12.8. The molecule has 4 N–H and O–H groups in total. The van der Waals surface area contributed by atoms with Crippen LogP contribution in [0.15, 0.2) is 139 Å². The van der Waals surface area contributed by atoms with E-state index in [4.69, 9.17) is 155 Å². The van der Waals surface area contributed by atoms with Gasteiger partial charge in [-0.1, -0.05) is 167 Å². The molecule has 0 fully saturated rings. The Bertz CT molecular complexity index is 4120. The van der Waals surface area contributed by atoms with E-state index in [2.05, 4.69) is 70.0 Å². The van der Waals surface area contributed by atoms with Gasteiger partial charge in [0.05, 0.1) is 32.3 Å². The van der Waals surface area contributed by atoms with Crippen molar-refractivity contribution in [3.8, 4) is 0 Å². The van der Waals surface area contributed by atoms with E-state index in [1.54, 1.807) is 97.3 Å². The second-order valence-electron chi connectivity index (χ2n) is 23.4. The van der Waals surface area contributed by atoms with E-state index in [1.165, 1.54) is 33.4 Å². The molecule has 0 amide bonds. The molecule has 7 aromatic rings. The maximum Gasteiger partial charge on any atom is 1.00 e. The molecule has 2 heterocycles. The summed E-state index contributed by atoms with van der Waals surface area (Å²) >= 11 is 73.3. The number of carbonyl (C=O) groups is 2. The van der Waals surface area contributed by atoms with Crippen molar-refractivity contribution in [2.45, 2.75) is 90.9 Å². The number of ether oxygens (including phenoxy) is 2. The molecule has 11 rings (SSSR count). The molecule has 575 valence electrons. The molecule has 4 aliphatic rings. The van der Waals surface area contributed by atoms with Crippen molar-refractivity contribution in [2.75, 3.05) is 82.7 Å². The number of anilines is 1. The third-order valence-corrected chi connectivity index (χ3v) is 18.5. The fourth-order valence-corrected chi connectivity index (χ4v) is 14.5. The third-order valence-electron chi connectivity index (χ3n) is 14.8. The molecular weight excluding hydrogens is 1750 g/mol. The van der Waals surface area contributed by atoms with E-state index in [1.807, 2.05) is 36.4 Å². The number of nitrogens with two attached hydrogens (primary N) is 1. The number of aliphatic hydroxyl groups is 1. The van der Waals surface area contributed by atoms with Gasteiger partial charge in [-0.2, -0.15) is 8.42 Å². The second-order valence-corrected chi connectivity index (χ2v) is 33.9. The SMILES string of the molecule is CCOC(=O)CBr.CCOC(=O)CCc1cc(Cl)cc(Cl)c1.CS(=O)(=O)Cl.CS(=O)(=O)OCCCc1cc(Cl)cc(Cl)c1.Cl.Clc1cc(Cl)cc(CCCN2CCC3=C(Cc4ccc(Cl)cc43)C2)c1.Clc1ccc2c(c1)C1=C(CNCC1)C2.Nc1cc(Cl)cc(Cl)c1.OCCCc1cc(Cl)cc(Cl)c1.[B].[H-].[Li+]. The molecule has 7 aromatic carbocycles. The van der Waals surface area contributed by atoms with E-state index in [9.17, 15) is 26.4 Å². The summed E-state index contributed by atoms with van der Waals surface area (Å²) in [5.41, 5.74) is 22.1. The number of hydrogen-bond acceptors (Lipinski definition) is 13. The van der Waals surface area contributed by atoms with E-state index in [0.717, 1.165) is 133 Å². The van der Waals surface area contributed by atoms with Crippen LogP contribution in [0.1, 0.15) is 98.3 Å². The van der Waals surface area contributed by atoms with Gasteiger partial charge in [-0.3, -0.25) is 18.7 Å². The molecule has 0 atom stereocenters. The number of rotatable bonds is 18. The molecule has 0 bridgehead atoms. The quantitative estimate of drug-likeness (QED) is 0.0140. The van der Waals surface area contributed by atoms with Crippen molar-refractivity contribution in [3.05, 3.63) is 243 Å². The predicted octanol–water partition coefficient (Wildman–Crippen LogP) is 19.1. The van der Waals surface area contributed by atoms with Gasteiger partial charge in [-0.25, -0.2) is 8.42 Å². The Morgan fingerprint density at radius 3 is 1.31 bits per heavy atom. The summed E-state index contributed by atoms with van der Waals surface area (Å²) in [4.78, 5) is 23.8. The van der Waals surface area contributed by atoms with Crippen LogP contribution in [0.25, 0.3) is 11.1 Å². The fourth-order valence-electron chi connectivity index (χ4n) is 10.8. The van der Waals surface area contributed by atoms with Crippen LogP contribution in [0.3, 0.4) is 0 Å². The Morgan fingerprint density at radius 2 is 0.925 bits per heavy atom.